The Hall–Kier alpha value is -1.29. The predicted octanol–water partition coefficient (Wildman–Crippen LogP) is 0.588. The van der Waals surface area contributed by atoms with Crippen molar-refractivity contribution >= 4 is 5.91 Å². The first-order valence-electron chi connectivity index (χ1n) is 4.40. The van der Waals surface area contributed by atoms with Crippen molar-refractivity contribution < 1.29 is 4.79 Å². The third kappa shape index (κ3) is 3.75. The normalized spacial score (nSPS) is 9.92. The molecular formula is C9H15N3O. The Labute approximate surface area is 77.7 Å². The molecule has 0 aliphatic rings. The van der Waals surface area contributed by atoms with Crippen molar-refractivity contribution in [3.63, 3.8) is 0 Å². The van der Waals surface area contributed by atoms with E-state index >= 15 is 0 Å². The highest BCUT2D eigenvalue weighted by Gasteiger charge is 1.99. The van der Waals surface area contributed by atoms with Crippen LogP contribution in [0.1, 0.15) is 18.4 Å². The quantitative estimate of drug-likeness (QED) is 0.582. The van der Waals surface area contributed by atoms with Gasteiger partial charge in [-0.05, 0) is 24.5 Å². The monoisotopic (exact) mass is 181 g/mol. The Morgan fingerprint density at radius 2 is 2.46 bits per heavy atom. The van der Waals surface area contributed by atoms with Gasteiger partial charge < -0.3 is 4.98 Å². The molecule has 0 bridgehead atoms. The van der Waals surface area contributed by atoms with Crippen LogP contribution in [0.25, 0.3) is 0 Å². The van der Waals surface area contributed by atoms with Gasteiger partial charge in [0, 0.05) is 25.9 Å². The number of hydrazine groups is 1. The van der Waals surface area contributed by atoms with Gasteiger partial charge in [0.1, 0.15) is 0 Å². The van der Waals surface area contributed by atoms with Crippen LogP contribution in [0.5, 0.6) is 0 Å². The Morgan fingerprint density at radius 3 is 3.08 bits per heavy atom. The molecule has 72 valence electrons. The second kappa shape index (κ2) is 5.37. The molecule has 0 radical (unpaired) electrons. The van der Waals surface area contributed by atoms with Crippen LogP contribution in [-0.2, 0) is 11.2 Å². The van der Waals surface area contributed by atoms with E-state index in [-0.39, 0.29) is 5.91 Å². The molecule has 4 heteroatoms. The highest BCUT2D eigenvalue weighted by Crippen LogP contribution is 2.02. The van der Waals surface area contributed by atoms with Crippen LogP contribution in [0, 0.1) is 0 Å². The minimum Gasteiger partial charge on any atom is -0.367 e. The SMILES string of the molecule is CNNC(=O)CCCc1cc[nH]c1. The van der Waals surface area contributed by atoms with E-state index in [1.54, 1.807) is 7.05 Å². The van der Waals surface area contributed by atoms with E-state index in [0.717, 1.165) is 12.8 Å². The van der Waals surface area contributed by atoms with Gasteiger partial charge in [0.15, 0.2) is 0 Å². The summed E-state index contributed by atoms with van der Waals surface area (Å²) >= 11 is 0. The zero-order chi connectivity index (χ0) is 9.52. The molecule has 0 spiro atoms. The molecule has 1 aromatic rings. The highest BCUT2D eigenvalue weighted by atomic mass is 16.2. The largest absolute Gasteiger partial charge is 0.367 e. The molecule has 1 aromatic heterocycles. The lowest BCUT2D eigenvalue weighted by molar-refractivity contribution is -0.122. The van der Waals surface area contributed by atoms with E-state index in [4.69, 9.17) is 0 Å². The molecule has 0 fully saturated rings. The Kier molecular flexibility index (Phi) is 4.05. The summed E-state index contributed by atoms with van der Waals surface area (Å²) in [6.07, 6.45) is 6.23. The van der Waals surface area contributed by atoms with Crippen molar-refractivity contribution in [2.24, 2.45) is 0 Å². The molecule has 1 rings (SSSR count). The third-order valence-electron chi connectivity index (χ3n) is 1.80. The van der Waals surface area contributed by atoms with Crippen LogP contribution in [0.2, 0.25) is 0 Å². The van der Waals surface area contributed by atoms with Gasteiger partial charge in [0.25, 0.3) is 0 Å². The number of aryl methyl sites for hydroxylation is 1. The second-order valence-corrected chi connectivity index (χ2v) is 2.87. The maximum Gasteiger partial charge on any atom is 0.234 e. The van der Waals surface area contributed by atoms with E-state index in [1.165, 1.54) is 5.56 Å². The van der Waals surface area contributed by atoms with E-state index in [9.17, 15) is 4.79 Å². The number of carbonyl (C=O) groups is 1. The zero-order valence-electron chi connectivity index (χ0n) is 7.76. The Balaban J connectivity index is 2.11. The maximum atomic E-state index is 11.0. The van der Waals surface area contributed by atoms with Crippen molar-refractivity contribution in [1.82, 2.24) is 15.8 Å². The lowest BCUT2D eigenvalue weighted by atomic mass is 10.1. The van der Waals surface area contributed by atoms with Gasteiger partial charge in [0.05, 0.1) is 0 Å². The lowest BCUT2D eigenvalue weighted by Crippen LogP contribution is -2.33. The van der Waals surface area contributed by atoms with Gasteiger partial charge in [-0.25, -0.2) is 5.43 Å². The van der Waals surface area contributed by atoms with Crippen LogP contribution in [-0.4, -0.2) is 17.9 Å². The fourth-order valence-corrected chi connectivity index (χ4v) is 1.17. The summed E-state index contributed by atoms with van der Waals surface area (Å²) in [6.45, 7) is 0. The second-order valence-electron chi connectivity index (χ2n) is 2.87. The fourth-order valence-electron chi connectivity index (χ4n) is 1.17. The zero-order valence-corrected chi connectivity index (χ0v) is 7.76. The number of aromatic amines is 1. The topological polar surface area (TPSA) is 56.9 Å². The van der Waals surface area contributed by atoms with Gasteiger partial charge in [-0.3, -0.25) is 10.2 Å². The lowest BCUT2D eigenvalue weighted by Gasteiger charge is -2.01. The fraction of sp³-hybridized carbons (Fsp3) is 0.444. The van der Waals surface area contributed by atoms with Crippen molar-refractivity contribution in [1.29, 1.82) is 0 Å². The number of aromatic nitrogens is 1. The predicted molar refractivity (Wildman–Crippen MR) is 50.9 cm³/mol. The molecular weight excluding hydrogens is 166 g/mol. The molecule has 0 aromatic carbocycles. The maximum absolute atomic E-state index is 11.0. The molecule has 1 heterocycles. The number of rotatable bonds is 5. The summed E-state index contributed by atoms with van der Waals surface area (Å²) in [5.41, 5.74) is 6.38. The summed E-state index contributed by atoms with van der Waals surface area (Å²) in [5.74, 6) is 0.0398. The molecule has 0 saturated heterocycles. The number of H-pyrrole nitrogens is 1. The van der Waals surface area contributed by atoms with Gasteiger partial charge in [0.2, 0.25) is 5.91 Å². The first-order chi connectivity index (χ1) is 6.33. The Bertz CT molecular complexity index is 243. The highest BCUT2D eigenvalue weighted by molar-refractivity contribution is 5.75. The standard InChI is InChI=1S/C9H15N3O/c1-10-12-9(13)4-2-3-8-5-6-11-7-8/h5-7,10-11H,2-4H2,1H3,(H,12,13). The minimum atomic E-state index is 0.0398. The van der Waals surface area contributed by atoms with E-state index in [1.807, 2.05) is 18.5 Å². The number of amides is 1. The molecule has 13 heavy (non-hydrogen) atoms. The molecule has 0 atom stereocenters. The molecule has 0 aliphatic heterocycles. The Morgan fingerprint density at radius 1 is 1.62 bits per heavy atom. The number of carbonyl (C=O) groups excluding carboxylic acids is 1. The van der Waals surface area contributed by atoms with Crippen LogP contribution < -0.4 is 10.9 Å². The van der Waals surface area contributed by atoms with Crippen LogP contribution in [0.15, 0.2) is 18.5 Å². The number of hydrogen-bond acceptors (Lipinski definition) is 2. The molecule has 1 amide bonds. The van der Waals surface area contributed by atoms with Crippen molar-refractivity contribution in [2.45, 2.75) is 19.3 Å². The van der Waals surface area contributed by atoms with Gasteiger partial charge >= 0.3 is 0 Å². The van der Waals surface area contributed by atoms with Crippen LogP contribution in [0.4, 0.5) is 0 Å². The molecule has 0 unspecified atom stereocenters. The number of nitrogens with one attached hydrogen (secondary N) is 3. The average molecular weight is 181 g/mol. The average Bonchev–Trinajstić information content (AvgIpc) is 2.57. The van der Waals surface area contributed by atoms with E-state index in [0.29, 0.717) is 6.42 Å². The number of hydrogen-bond donors (Lipinski definition) is 3. The third-order valence-corrected chi connectivity index (χ3v) is 1.80. The smallest absolute Gasteiger partial charge is 0.234 e. The molecule has 4 nitrogen and oxygen atoms in total. The van der Waals surface area contributed by atoms with Crippen LogP contribution in [0.3, 0.4) is 0 Å². The van der Waals surface area contributed by atoms with E-state index in [2.05, 4.69) is 15.8 Å². The summed E-state index contributed by atoms with van der Waals surface area (Å²) in [6, 6.07) is 2.02. The van der Waals surface area contributed by atoms with Crippen LogP contribution >= 0.6 is 0 Å². The molecule has 0 saturated carbocycles. The first-order valence-corrected chi connectivity index (χ1v) is 4.40. The van der Waals surface area contributed by atoms with E-state index < -0.39 is 0 Å². The van der Waals surface area contributed by atoms with Gasteiger partial charge in [-0.15, -0.1) is 0 Å². The summed E-state index contributed by atoms with van der Waals surface area (Å²) < 4.78 is 0. The molecule has 3 N–H and O–H groups in total. The first kappa shape index (κ1) is 9.80. The summed E-state index contributed by atoms with van der Waals surface area (Å²) in [4.78, 5) is 14.0. The minimum absolute atomic E-state index is 0.0398. The van der Waals surface area contributed by atoms with Crippen molar-refractivity contribution in [2.75, 3.05) is 7.05 Å². The van der Waals surface area contributed by atoms with Crippen molar-refractivity contribution in [3.8, 4) is 0 Å². The molecule has 0 aliphatic carbocycles. The van der Waals surface area contributed by atoms with Crippen molar-refractivity contribution in [3.05, 3.63) is 24.0 Å². The summed E-state index contributed by atoms with van der Waals surface area (Å²) in [7, 11) is 1.68. The summed E-state index contributed by atoms with van der Waals surface area (Å²) in [5, 5.41) is 0. The van der Waals surface area contributed by atoms with Gasteiger partial charge in [-0.2, -0.15) is 0 Å². The van der Waals surface area contributed by atoms with Gasteiger partial charge in [-0.1, -0.05) is 0 Å².